The van der Waals surface area contributed by atoms with Gasteiger partial charge >= 0.3 is 5.97 Å². The fraction of sp³-hybridized carbons (Fsp3) is 0.231. The van der Waals surface area contributed by atoms with Gasteiger partial charge in [0.05, 0.1) is 14.2 Å². The highest BCUT2D eigenvalue weighted by atomic mass is 16.5. The molecule has 18 heavy (non-hydrogen) atoms. The molecule has 0 aliphatic heterocycles. The number of pyridine rings is 1. The molecule has 0 aliphatic rings. The number of carbonyl (C=O) groups is 1. The first-order valence-corrected chi connectivity index (χ1v) is 5.34. The molecule has 0 radical (unpaired) electrons. The number of nitrogens with zero attached hydrogens (tertiary/aromatic N) is 1. The molecule has 5 heteroatoms. The van der Waals surface area contributed by atoms with Gasteiger partial charge in [-0.2, -0.15) is 0 Å². The third-order valence-electron chi connectivity index (χ3n) is 2.77. The van der Waals surface area contributed by atoms with E-state index in [-0.39, 0.29) is 11.4 Å². The van der Waals surface area contributed by atoms with Crippen molar-refractivity contribution >= 4 is 16.9 Å². The lowest BCUT2D eigenvalue weighted by atomic mass is 10.1. The summed E-state index contributed by atoms with van der Waals surface area (Å²) in [5, 5.41) is 9.87. The van der Waals surface area contributed by atoms with Crippen LogP contribution < -0.4 is 9.47 Å². The Bertz CT molecular complexity index is 622. The van der Waals surface area contributed by atoms with Crippen LogP contribution >= 0.6 is 0 Å². The molecule has 94 valence electrons. The Balaban J connectivity index is 2.85. The zero-order chi connectivity index (χ0) is 13.3. The van der Waals surface area contributed by atoms with E-state index in [4.69, 9.17) is 14.6 Å². The van der Waals surface area contributed by atoms with E-state index in [1.54, 1.807) is 19.2 Å². The van der Waals surface area contributed by atoms with E-state index in [0.29, 0.717) is 11.3 Å². The molecule has 1 aromatic heterocycles. The second-order valence-electron chi connectivity index (χ2n) is 3.83. The number of rotatable bonds is 3. The summed E-state index contributed by atoms with van der Waals surface area (Å²) >= 11 is 0. The fourth-order valence-corrected chi connectivity index (χ4v) is 1.83. The number of carboxylic acids is 1. The van der Waals surface area contributed by atoms with Crippen molar-refractivity contribution in [1.82, 2.24) is 4.98 Å². The summed E-state index contributed by atoms with van der Waals surface area (Å²) in [6.07, 6.45) is 0. The molecular formula is C13H13NO4. The van der Waals surface area contributed by atoms with E-state index in [0.717, 1.165) is 10.9 Å². The van der Waals surface area contributed by atoms with Gasteiger partial charge in [-0.15, -0.1) is 0 Å². The molecule has 0 aliphatic carbocycles. The fourth-order valence-electron chi connectivity index (χ4n) is 1.83. The molecule has 0 spiro atoms. The van der Waals surface area contributed by atoms with Crippen molar-refractivity contribution in [1.29, 1.82) is 0 Å². The topological polar surface area (TPSA) is 68.7 Å². The SMILES string of the molecule is COc1nc2c(OC)ccc(C)c2cc1C(=O)O. The summed E-state index contributed by atoms with van der Waals surface area (Å²) in [6.45, 7) is 1.89. The Morgan fingerprint density at radius 1 is 1.28 bits per heavy atom. The Morgan fingerprint density at radius 3 is 2.56 bits per heavy atom. The molecule has 1 N–H and O–H groups in total. The van der Waals surface area contributed by atoms with Crippen LogP contribution in [0.15, 0.2) is 18.2 Å². The normalized spacial score (nSPS) is 10.4. The van der Waals surface area contributed by atoms with Gasteiger partial charge in [-0.25, -0.2) is 9.78 Å². The number of aromatic nitrogens is 1. The summed E-state index contributed by atoms with van der Waals surface area (Å²) in [6, 6.07) is 5.22. The Hall–Kier alpha value is -2.30. The van der Waals surface area contributed by atoms with Crippen LogP contribution in [-0.4, -0.2) is 30.3 Å². The molecule has 5 nitrogen and oxygen atoms in total. The maximum absolute atomic E-state index is 11.1. The summed E-state index contributed by atoms with van der Waals surface area (Å²) < 4.78 is 10.2. The monoisotopic (exact) mass is 247 g/mol. The number of ether oxygens (including phenoxy) is 2. The van der Waals surface area contributed by atoms with E-state index < -0.39 is 5.97 Å². The zero-order valence-electron chi connectivity index (χ0n) is 10.4. The van der Waals surface area contributed by atoms with Gasteiger partial charge in [0.2, 0.25) is 5.88 Å². The minimum atomic E-state index is -1.07. The number of benzene rings is 1. The highest BCUT2D eigenvalue weighted by molar-refractivity contribution is 5.97. The van der Waals surface area contributed by atoms with Gasteiger partial charge in [0.25, 0.3) is 0 Å². The molecule has 0 atom stereocenters. The minimum absolute atomic E-state index is 0.0429. The van der Waals surface area contributed by atoms with Crippen molar-refractivity contribution in [3.63, 3.8) is 0 Å². The molecule has 0 saturated carbocycles. The number of methoxy groups -OCH3 is 2. The first-order valence-electron chi connectivity index (χ1n) is 5.34. The van der Waals surface area contributed by atoms with Crippen LogP contribution in [0, 0.1) is 6.92 Å². The highest BCUT2D eigenvalue weighted by Crippen LogP contribution is 2.30. The molecule has 2 aromatic rings. The number of fused-ring (bicyclic) bond motifs is 1. The van der Waals surface area contributed by atoms with Crippen molar-refractivity contribution in [2.45, 2.75) is 6.92 Å². The van der Waals surface area contributed by atoms with E-state index in [1.165, 1.54) is 7.11 Å². The van der Waals surface area contributed by atoms with Gasteiger partial charge in [0.15, 0.2) is 0 Å². The molecule has 0 amide bonds. The molecular weight excluding hydrogens is 234 g/mol. The van der Waals surface area contributed by atoms with Crippen LogP contribution in [-0.2, 0) is 0 Å². The van der Waals surface area contributed by atoms with Crippen LogP contribution in [0.25, 0.3) is 10.9 Å². The molecule has 0 unspecified atom stereocenters. The molecule has 0 bridgehead atoms. The summed E-state index contributed by atoms with van der Waals surface area (Å²) in [4.78, 5) is 15.4. The first kappa shape index (κ1) is 12.2. The Kier molecular flexibility index (Phi) is 3.06. The summed E-state index contributed by atoms with van der Waals surface area (Å²) in [5.74, 6) is -0.395. The predicted molar refractivity (Wildman–Crippen MR) is 66.5 cm³/mol. The molecule has 0 saturated heterocycles. The number of hydrogen-bond acceptors (Lipinski definition) is 4. The zero-order valence-corrected chi connectivity index (χ0v) is 10.4. The standard InChI is InChI=1S/C13H13NO4/c1-7-4-5-10(17-2)11-8(7)6-9(13(15)16)12(14-11)18-3/h4-6H,1-3H3,(H,15,16). The van der Waals surface area contributed by atoms with Gasteiger partial charge in [-0.1, -0.05) is 6.07 Å². The van der Waals surface area contributed by atoms with Crippen molar-refractivity contribution in [2.24, 2.45) is 0 Å². The molecule has 1 aromatic carbocycles. The second-order valence-corrected chi connectivity index (χ2v) is 3.83. The van der Waals surface area contributed by atoms with E-state index in [2.05, 4.69) is 4.98 Å². The average Bonchev–Trinajstić information content (AvgIpc) is 2.37. The quantitative estimate of drug-likeness (QED) is 0.900. The summed E-state index contributed by atoms with van der Waals surface area (Å²) in [5.41, 5.74) is 1.57. The van der Waals surface area contributed by atoms with Gasteiger partial charge in [-0.3, -0.25) is 0 Å². The average molecular weight is 247 g/mol. The van der Waals surface area contributed by atoms with Crippen LogP contribution in [0.2, 0.25) is 0 Å². The number of hydrogen-bond donors (Lipinski definition) is 1. The van der Waals surface area contributed by atoms with Crippen LogP contribution in [0.3, 0.4) is 0 Å². The number of aryl methyl sites for hydroxylation is 1. The summed E-state index contributed by atoms with van der Waals surface area (Å²) in [7, 11) is 2.94. The van der Waals surface area contributed by atoms with Gasteiger partial charge < -0.3 is 14.6 Å². The van der Waals surface area contributed by atoms with Crippen LogP contribution in [0.5, 0.6) is 11.6 Å². The minimum Gasteiger partial charge on any atom is -0.494 e. The number of carboxylic acid groups (broad SMARTS) is 1. The molecule has 1 heterocycles. The lowest BCUT2D eigenvalue weighted by Crippen LogP contribution is -2.03. The van der Waals surface area contributed by atoms with E-state index in [9.17, 15) is 4.79 Å². The molecule has 2 rings (SSSR count). The van der Waals surface area contributed by atoms with Crippen LogP contribution in [0.4, 0.5) is 0 Å². The van der Waals surface area contributed by atoms with Gasteiger partial charge in [0, 0.05) is 5.39 Å². The maximum Gasteiger partial charge on any atom is 0.341 e. The van der Waals surface area contributed by atoms with E-state index in [1.807, 2.05) is 13.0 Å². The van der Waals surface area contributed by atoms with Crippen molar-refractivity contribution in [2.75, 3.05) is 14.2 Å². The Labute approximate surface area is 104 Å². The smallest absolute Gasteiger partial charge is 0.341 e. The van der Waals surface area contributed by atoms with Crippen molar-refractivity contribution in [3.05, 3.63) is 29.3 Å². The predicted octanol–water partition coefficient (Wildman–Crippen LogP) is 2.26. The van der Waals surface area contributed by atoms with Gasteiger partial charge in [0.1, 0.15) is 16.8 Å². The van der Waals surface area contributed by atoms with Crippen LogP contribution in [0.1, 0.15) is 15.9 Å². The van der Waals surface area contributed by atoms with Gasteiger partial charge in [-0.05, 0) is 24.6 Å². The lowest BCUT2D eigenvalue weighted by Gasteiger charge is -2.10. The van der Waals surface area contributed by atoms with Crippen molar-refractivity contribution in [3.8, 4) is 11.6 Å². The van der Waals surface area contributed by atoms with Crippen molar-refractivity contribution < 1.29 is 19.4 Å². The maximum atomic E-state index is 11.1. The third-order valence-corrected chi connectivity index (χ3v) is 2.77. The first-order chi connectivity index (χ1) is 8.58. The Morgan fingerprint density at radius 2 is 2.00 bits per heavy atom. The lowest BCUT2D eigenvalue weighted by molar-refractivity contribution is 0.0692. The largest absolute Gasteiger partial charge is 0.494 e. The molecule has 0 fully saturated rings. The third kappa shape index (κ3) is 1.84. The van der Waals surface area contributed by atoms with E-state index >= 15 is 0 Å². The second kappa shape index (κ2) is 4.52. The number of aromatic carboxylic acids is 1. The highest BCUT2D eigenvalue weighted by Gasteiger charge is 2.16.